The lowest BCUT2D eigenvalue weighted by Gasteiger charge is -2.17. The number of ether oxygens (including phenoxy) is 2. The van der Waals surface area contributed by atoms with E-state index in [4.69, 9.17) is 14.7 Å². The zero-order valence-corrected chi connectivity index (χ0v) is 13.4. The van der Waals surface area contributed by atoms with Crippen LogP contribution in [0.2, 0.25) is 0 Å². The van der Waals surface area contributed by atoms with Crippen molar-refractivity contribution in [3.05, 3.63) is 59.7 Å². The van der Waals surface area contributed by atoms with Gasteiger partial charge in [-0.3, -0.25) is 4.79 Å². The lowest BCUT2D eigenvalue weighted by molar-refractivity contribution is -0.127. The number of nitrogens with one attached hydrogen (secondary N) is 1. The molecular weight excluding hydrogens is 304 g/mol. The maximum Gasteiger partial charge on any atom is 0.260 e. The Labute approximate surface area is 140 Å². The van der Waals surface area contributed by atoms with E-state index >= 15 is 0 Å². The van der Waals surface area contributed by atoms with E-state index in [1.165, 1.54) is 5.56 Å². The van der Waals surface area contributed by atoms with E-state index in [1.807, 2.05) is 30.3 Å². The van der Waals surface area contributed by atoms with Gasteiger partial charge in [-0.15, -0.1) is 0 Å². The van der Waals surface area contributed by atoms with Crippen LogP contribution in [0.4, 0.5) is 0 Å². The van der Waals surface area contributed by atoms with Crippen molar-refractivity contribution in [2.45, 2.75) is 25.6 Å². The van der Waals surface area contributed by atoms with Crippen LogP contribution >= 0.6 is 0 Å². The number of nitrogens with zero attached hydrogens (tertiary/aromatic N) is 1. The molecule has 5 nitrogen and oxygen atoms in total. The van der Waals surface area contributed by atoms with Crippen molar-refractivity contribution in [2.24, 2.45) is 0 Å². The Morgan fingerprint density at radius 2 is 2.08 bits per heavy atom. The van der Waals surface area contributed by atoms with Crippen molar-refractivity contribution >= 4 is 5.91 Å². The number of nitriles is 1. The molecule has 0 spiro atoms. The molecule has 122 valence electrons. The second kappa shape index (κ2) is 7.05. The highest BCUT2D eigenvalue weighted by molar-refractivity contribution is 5.80. The predicted octanol–water partition coefficient (Wildman–Crippen LogP) is 2.45. The minimum Gasteiger partial charge on any atom is -0.488 e. The van der Waals surface area contributed by atoms with E-state index in [1.54, 1.807) is 31.2 Å². The summed E-state index contributed by atoms with van der Waals surface area (Å²) in [6.45, 7) is 2.13. The van der Waals surface area contributed by atoms with Crippen molar-refractivity contribution in [1.82, 2.24) is 5.32 Å². The Kier molecular flexibility index (Phi) is 4.66. The van der Waals surface area contributed by atoms with E-state index in [0.29, 0.717) is 17.9 Å². The highest BCUT2D eigenvalue weighted by Gasteiger charge is 2.24. The highest BCUT2D eigenvalue weighted by atomic mass is 16.5. The summed E-state index contributed by atoms with van der Waals surface area (Å²) in [6, 6.07) is 16.6. The average molecular weight is 322 g/mol. The number of hydrogen-bond acceptors (Lipinski definition) is 4. The third-order valence-corrected chi connectivity index (χ3v) is 3.88. The molecule has 1 aliphatic heterocycles. The van der Waals surface area contributed by atoms with Crippen molar-refractivity contribution in [3.8, 4) is 17.6 Å². The molecule has 0 saturated heterocycles. The van der Waals surface area contributed by atoms with E-state index in [-0.39, 0.29) is 12.0 Å². The van der Waals surface area contributed by atoms with Gasteiger partial charge < -0.3 is 14.8 Å². The molecule has 0 bridgehead atoms. The maximum atomic E-state index is 12.2. The summed E-state index contributed by atoms with van der Waals surface area (Å²) in [6.07, 6.45) is 0.122. The fraction of sp³-hybridized carbons (Fsp3) is 0.263. The Bertz CT molecular complexity index is 740. The summed E-state index contributed by atoms with van der Waals surface area (Å²) in [5, 5.41) is 11.6. The topological polar surface area (TPSA) is 71.3 Å². The molecule has 2 aromatic rings. The van der Waals surface area contributed by atoms with Crippen molar-refractivity contribution in [3.63, 3.8) is 0 Å². The molecule has 0 fully saturated rings. The molecule has 1 aliphatic rings. The van der Waals surface area contributed by atoms with Crippen molar-refractivity contribution in [2.75, 3.05) is 6.54 Å². The minimum absolute atomic E-state index is 0.0477. The average Bonchev–Trinajstić information content (AvgIpc) is 3.03. The molecule has 0 saturated carbocycles. The first kappa shape index (κ1) is 15.9. The molecule has 0 aromatic heterocycles. The summed E-state index contributed by atoms with van der Waals surface area (Å²) >= 11 is 0. The Morgan fingerprint density at radius 1 is 1.33 bits per heavy atom. The Morgan fingerprint density at radius 3 is 2.79 bits per heavy atom. The first-order valence-corrected chi connectivity index (χ1v) is 7.85. The van der Waals surface area contributed by atoms with Crippen LogP contribution < -0.4 is 14.8 Å². The van der Waals surface area contributed by atoms with E-state index in [9.17, 15) is 4.79 Å². The van der Waals surface area contributed by atoms with E-state index in [0.717, 1.165) is 12.2 Å². The van der Waals surface area contributed by atoms with Crippen LogP contribution in [0.25, 0.3) is 0 Å². The van der Waals surface area contributed by atoms with Crippen LogP contribution in [0.3, 0.4) is 0 Å². The van der Waals surface area contributed by atoms with Gasteiger partial charge in [0.1, 0.15) is 17.6 Å². The SMILES string of the molecule is CC(Oc1ccc(C#N)cc1)C(=O)NCC1Cc2ccccc2O1. The molecule has 0 radical (unpaired) electrons. The van der Waals surface area contributed by atoms with Crippen LogP contribution in [-0.4, -0.2) is 24.7 Å². The van der Waals surface area contributed by atoms with Gasteiger partial charge in [-0.25, -0.2) is 0 Å². The molecule has 0 aliphatic carbocycles. The number of fused-ring (bicyclic) bond motifs is 1. The fourth-order valence-corrected chi connectivity index (χ4v) is 2.59. The Balaban J connectivity index is 1.47. The van der Waals surface area contributed by atoms with Gasteiger partial charge >= 0.3 is 0 Å². The fourth-order valence-electron chi connectivity index (χ4n) is 2.59. The summed E-state index contributed by atoms with van der Waals surface area (Å²) in [5.41, 5.74) is 1.72. The number of hydrogen-bond donors (Lipinski definition) is 1. The smallest absolute Gasteiger partial charge is 0.260 e. The monoisotopic (exact) mass is 322 g/mol. The number of para-hydroxylation sites is 1. The lowest BCUT2D eigenvalue weighted by Crippen LogP contribution is -2.41. The van der Waals surface area contributed by atoms with Gasteiger partial charge in [0, 0.05) is 6.42 Å². The zero-order chi connectivity index (χ0) is 16.9. The summed E-state index contributed by atoms with van der Waals surface area (Å²) in [5.74, 6) is 1.25. The van der Waals surface area contributed by atoms with Gasteiger partial charge in [-0.05, 0) is 42.8 Å². The standard InChI is InChI=1S/C19H18N2O3/c1-13(23-16-8-6-14(11-20)7-9-16)19(22)21-12-17-10-15-4-2-3-5-18(15)24-17/h2-9,13,17H,10,12H2,1H3,(H,21,22). The third-order valence-electron chi connectivity index (χ3n) is 3.88. The first-order valence-electron chi connectivity index (χ1n) is 7.85. The van der Waals surface area contributed by atoms with Crippen LogP contribution in [-0.2, 0) is 11.2 Å². The second-order valence-electron chi connectivity index (χ2n) is 5.69. The molecule has 2 unspecified atom stereocenters. The molecule has 1 amide bonds. The number of carbonyl (C=O) groups is 1. The highest BCUT2D eigenvalue weighted by Crippen LogP contribution is 2.27. The van der Waals surface area contributed by atoms with Crippen molar-refractivity contribution in [1.29, 1.82) is 5.26 Å². The van der Waals surface area contributed by atoms with Gasteiger partial charge in [-0.1, -0.05) is 18.2 Å². The van der Waals surface area contributed by atoms with E-state index in [2.05, 4.69) is 5.32 Å². The van der Waals surface area contributed by atoms with Crippen LogP contribution in [0.1, 0.15) is 18.1 Å². The number of carbonyl (C=O) groups excluding carboxylic acids is 1. The van der Waals surface area contributed by atoms with Gasteiger partial charge in [-0.2, -0.15) is 5.26 Å². The predicted molar refractivity (Wildman–Crippen MR) is 88.8 cm³/mol. The van der Waals surface area contributed by atoms with Gasteiger partial charge in [0.25, 0.3) is 5.91 Å². The van der Waals surface area contributed by atoms with Gasteiger partial charge in [0.2, 0.25) is 0 Å². The van der Waals surface area contributed by atoms with Crippen molar-refractivity contribution < 1.29 is 14.3 Å². The molecule has 1 N–H and O–H groups in total. The van der Waals surface area contributed by atoms with Crippen LogP contribution in [0.15, 0.2) is 48.5 Å². The zero-order valence-electron chi connectivity index (χ0n) is 13.4. The lowest BCUT2D eigenvalue weighted by atomic mass is 10.1. The Hall–Kier alpha value is -3.00. The minimum atomic E-state index is -0.623. The van der Waals surface area contributed by atoms with Gasteiger partial charge in [0.15, 0.2) is 6.10 Å². The first-order chi connectivity index (χ1) is 11.7. The molecular formula is C19H18N2O3. The summed E-state index contributed by atoms with van der Waals surface area (Å²) in [7, 11) is 0. The molecule has 5 heteroatoms. The number of amides is 1. The molecule has 3 rings (SSSR count). The summed E-state index contributed by atoms with van der Waals surface area (Å²) in [4.78, 5) is 12.2. The van der Waals surface area contributed by atoms with Gasteiger partial charge in [0.05, 0.1) is 18.2 Å². The molecule has 24 heavy (non-hydrogen) atoms. The second-order valence-corrected chi connectivity index (χ2v) is 5.69. The van der Waals surface area contributed by atoms with E-state index < -0.39 is 6.10 Å². The maximum absolute atomic E-state index is 12.2. The molecule has 2 aromatic carbocycles. The van der Waals surface area contributed by atoms with Crippen LogP contribution in [0.5, 0.6) is 11.5 Å². The third kappa shape index (κ3) is 3.66. The molecule has 1 heterocycles. The normalized spacial score (nSPS) is 16.4. The number of benzene rings is 2. The largest absolute Gasteiger partial charge is 0.488 e. The van der Waals surface area contributed by atoms with Crippen LogP contribution in [0, 0.1) is 11.3 Å². The molecule has 2 atom stereocenters. The summed E-state index contributed by atoms with van der Waals surface area (Å²) < 4.78 is 11.4. The number of rotatable bonds is 5. The quantitative estimate of drug-likeness (QED) is 0.918.